The molecule has 0 spiro atoms. The van der Waals surface area contributed by atoms with Crippen LogP contribution in [0.1, 0.15) is 37.4 Å². The quantitative estimate of drug-likeness (QED) is 0.869. The Morgan fingerprint density at radius 1 is 1.32 bits per heavy atom. The third kappa shape index (κ3) is 2.92. The summed E-state index contributed by atoms with van der Waals surface area (Å²) in [5.74, 6) is 0.855. The molecule has 1 aliphatic rings. The monoisotopic (exact) mass is 274 g/mol. The van der Waals surface area contributed by atoms with Crippen molar-refractivity contribution < 1.29 is 0 Å². The van der Waals surface area contributed by atoms with Gasteiger partial charge in [0.25, 0.3) is 0 Å². The SMILES string of the molecule is Nc1cnccc1SCc1ccn(C2CCCC2)n1. The van der Waals surface area contributed by atoms with Crippen LogP contribution in [0.2, 0.25) is 0 Å². The van der Waals surface area contributed by atoms with Crippen molar-refractivity contribution in [3.8, 4) is 0 Å². The van der Waals surface area contributed by atoms with Crippen LogP contribution in [0.15, 0.2) is 35.6 Å². The molecule has 3 rings (SSSR count). The van der Waals surface area contributed by atoms with Gasteiger partial charge in [0.05, 0.1) is 23.6 Å². The van der Waals surface area contributed by atoms with E-state index in [9.17, 15) is 0 Å². The van der Waals surface area contributed by atoms with E-state index in [1.54, 1.807) is 24.2 Å². The fraction of sp³-hybridized carbons (Fsp3) is 0.429. The zero-order valence-electron chi connectivity index (χ0n) is 10.8. The fourth-order valence-corrected chi connectivity index (χ4v) is 3.34. The lowest BCUT2D eigenvalue weighted by Crippen LogP contribution is -2.05. The minimum Gasteiger partial charge on any atom is -0.397 e. The van der Waals surface area contributed by atoms with E-state index in [0.29, 0.717) is 6.04 Å². The molecule has 19 heavy (non-hydrogen) atoms. The zero-order valence-corrected chi connectivity index (χ0v) is 11.6. The lowest BCUT2D eigenvalue weighted by atomic mass is 10.3. The first kappa shape index (κ1) is 12.5. The van der Waals surface area contributed by atoms with Gasteiger partial charge in [0, 0.05) is 23.0 Å². The molecule has 0 saturated heterocycles. The van der Waals surface area contributed by atoms with Crippen LogP contribution in [-0.4, -0.2) is 14.8 Å². The Morgan fingerprint density at radius 3 is 2.95 bits per heavy atom. The van der Waals surface area contributed by atoms with Crippen molar-refractivity contribution in [3.63, 3.8) is 0 Å². The molecule has 100 valence electrons. The Morgan fingerprint density at radius 2 is 2.16 bits per heavy atom. The lowest BCUT2D eigenvalue weighted by molar-refractivity contribution is 0.464. The summed E-state index contributed by atoms with van der Waals surface area (Å²) in [6.45, 7) is 0. The molecule has 0 aromatic carbocycles. The largest absolute Gasteiger partial charge is 0.397 e. The standard InChI is InChI=1S/C14H18N4S/c15-13-9-16-7-5-14(13)19-10-11-6-8-18(17-11)12-3-1-2-4-12/h5-9,12H,1-4,10,15H2. The number of nitrogens with zero attached hydrogens (tertiary/aromatic N) is 3. The van der Waals surface area contributed by atoms with Gasteiger partial charge in [0.2, 0.25) is 0 Å². The molecule has 2 aromatic rings. The van der Waals surface area contributed by atoms with E-state index in [0.717, 1.165) is 22.0 Å². The van der Waals surface area contributed by atoms with Gasteiger partial charge in [-0.3, -0.25) is 9.67 Å². The van der Waals surface area contributed by atoms with Gasteiger partial charge < -0.3 is 5.73 Å². The molecule has 0 radical (unpaired) electrons. The topological polar surface area (TPSA) is 56.7 Å². The van der Waals surface area contributed by atoms with Gasteiger partial charge in [0.15, 0.2) is 0 Å². The first-order valence-electron chi connectivity index (χ1n) is 6.69. The van der Waals surface area contributed by atoms with E-state index in [1.165, 1.54) is 25.7 Å². The van der Waals surface area contributed by atoms with Gasteiger partial charge in [-0.25, -0.2) is 0 Å². The van der Waals surface area contributed by atoms with Crippen molar-refractivity contribution >= 4 is 17.4 Å². The number of anilines is 1. The van der Waals surface area contributed by atoms with Crippen molar-refractivity contribution in [1.82, 2.24) is 14.8 Å². The second-order valence-corrected chi connectivity index (χ2v) is 5.94. The Kier molecular flexibility index (Phi) is 3.73. The average molecular weight is 274 g/mol. The van der Waals surface area contributed by atoms with E-state index >= 15 is 0 Å². The maximum Gasteiger partial charge on any atom is 0.0727 e. The van der Waals surface area contributed by atoms with Gasteiger partial charge in [-0.2, -0.15) is 5.10 Å². The second kappa shape index (κ2) is 5.65. The van der Waals surface area contributed by atoms with E-state index in [-0.39, 0.29) is 0 Å². The summed E-state index contributed by atoms with van der Waals surface area (Å²) in [5.41, 5.74) is 7.74. The van der Waals surface area contributed by atoms with E-state index in [4.69, 9.17) is 5.73 Å². The zero-order chi connectivity index (χ0) is 13.1. The molecule has 2 heterocycles. The Labute approximate surface area is 117 Å². The normalized spacial score (nSPS) is 16.0. The molecule has 1 fully saturated rings. The van der Waals surface area contributed by atoms with Gasteiger partial charge in [0.1, 0.15) is 0 Å². The molecule has 0 unspecified atom stereocenters. The second-order valence-electron chi connectivity index (χ2n) is 4.93. The van der Waals surface area contributed by atoms with E-state index < -0.39 is 0 Å². The number of thioether (sulfide) groups is 1. The van der Waals surface area contributed by atoms with E-state index in [2.05, 4.69) is 27.0 Å². The van der Waals surface area contributed by atoms with Crippen LogP contribution >= 0.6 is 11.8 Å². The highest BCUT2D eigenvalue weighted by Crippen LogP contribution is 2.30. The summed E-state index contributed by atoms with van der Waals surface area (Å²) in [5, 5.41) is 4.68. The van der Waals surface area contributed by atoms with Gasteiger partial charge in [-0.1, -0.05) is 12.8 Å². The number of nitrogens with two attached hydrogens (primary N) is 1. The predicted octanol–water partition coefficient (Wildman–Crippen LogP) is 3.27. The average Bonchev–Trinajstić information content (AvgIpc) is 3.09. The number of nitrogen functional groups attached to an aromatic ring is 1. The van der Waals surface area contributed by atoms with Crippen LogP contribution in [-0.2, 0) is 5.75 Å². The Hall–Kier alpha value is -1.49. The molecule has 2 N–H and O–H groups in total. The third-order valence-electron chi connectivity index (χ3n) is 3.55. The maximum atomic E-state index is 5.88. The Balaban J connectivity index is 1.63. The van der Waals surface area contributed by atoms with Crippen LogP contribution in [0, 0.1) is 0 Å². The molecule has 0 aliphatic heterocycles. The van der Waals surface area contributed by atoms with Crippen molar-refractivity contribution in [3.05, 3.63) is 36.4 Å². The van der Waals surface area contributed by atoms with E-state index in [1.807, 2.05) is 6.07 Å². The first-order chi connectivity index (χ1) is 9.33. The van der Waals surface area contributed by atoms with Crippen LogP contribution in [0.25, 0.3) is 0 Å². The highest BCUT2D eigenvalue weighted by molar-refractivity contribution is 7.98. The summed E-state index contributed by atoms with van der Waals surface area (Å²) in [6.07, 6.45) is 10.8. The summed E-state index contributed by atoms with van der Waals surface area (Å²) in [7, 11) is 0. The molecule has 1 saturated carbocycles. The van der Waals surface area contributed by atoms with Crippen LogP contribution in [0.3, 0.4) is 0 Å². The van der Waals surface area contributed by atoms with Crippen molar-refractivity contribution in [1.29, 1.82) is 0 Å². The highest BCUT2D eigenvalue weighted by atomic mass is 32.2. The number of hydrogen-bond donors (Lipinski definition) is 1. The predicted molar refractivity (Wildman–Crippen MR) is 77.9 cm³/mol. The molecule has 4 nitrogen and oxygen atoms in total. The number of hydrogen-bond acceptors (Lipinski definition) is 4. The van der Waals surface area contributed by atoms with Crippen LogP contribution < -0.4 is 5.73 Å². The smallest absolute Gasteiger partial charge is 0.0727 e. The molecule has 1 aliphatic carbocycles. The molecular formula is C14H18N4S. The Bertz CT molecular complexity index is 546. The van der Waals surface area contributed by atoms with Crippen molar-refractivity contribution in [2.24, 2.45) is 0 Å². The van der Waals surface area contributed by atoms with Gasteiger partial charge >= 0.3 is 0 Å². The van der Waals surface area contributed by atoms with Crippen molar-refractivity contribution in [2.45, 2.75) is 42.4 Å². The highest BCUT2D eigenvalue weighted by Gasteiger charge is 2.17. The van der Waals surface area contributed by atoms with Crippen molar-refractivity contribution in [2.75, 3.05) is 5.73 Å². The number of pyridine rings is 1. The summed E-state index contributed by atoms with van der Waals surface area (Å²) in [6, 6.07) is 4.68. The molecule has 0 bridgehead atoms. The lowest BCUT2D eigenvalue weighted by Gasteiger charge is -2.08. The minimum absolute atomic E-state index is 0.616. The summed E-state index contributed by atoms with van der Waals surface area (Å²) >= 11 is 1.72. The van der Waals surface area contributed by atoms with Crippen LogP contribution in [0.4, 0.5) is 5.69 Å². The molecule has 2 aromatic heterocycles. The van der Waals surface area contributed by atoms with Gasteiger partial charge in [-0.05, 0) is 25.0 Å². The third-order valence-corrected chi connectivity index (χ3v) is 4.67. The first-order valence-corrected chi connectivity index (χ1v) is 7.68. The number of rotatable bonds is 4. The van der Waals surface area contributed by atoms with Gasteiger partial charge in [-0.15, -0.1) is 11.8 Å². The number of aromatic nitrogens is 3. The maximum absolute atomic E-state index is 5.88. The molecule has 0 atom stereocenters. The fourth-order valence-electron chi connectivity index (χ4n) is 2.50. The minimum atomic E-state index is 0.616. The summed E-state index contributed by atoms with van der Waals surface area (Å²) in [4.78, 5) is 5.07. The summed E-state index contributed by atoms with van der Waals surface area (Å²) < 4.78 is 2.14. The molecule has 5 heteroatoms. The molecular weight excluding hydrogens is 256 g/mol. The molecule has 0 amide bonds. The van der Waals surface area contributed by atoms with Crippen LogP contribution in [0.5, 0.6) is 0 Å².